The molecule has 1 aliphatic heterocycles. The van der Waals surface area contributed by atoms with Crippen LogP contribution in [0.5, 0.6) is 0 Å². The summed E-state index contributed by atoms with van der Waals surface area (Å²) in [4.78, 5) is 49.5. The molecule has 5 N–H and O–H groups in total. The fourth-order valence-electron chi connectivity index (χ4n) is 2.52. The molecule has 12 heteroatoms. The highest BCUT2D eigenvalue weighted by atomic mass is 35.5. The van der Waals surface area contributed by atoms with Crippen molar-refractivity contribution in [2.75, 3.05) is 6.54 Å². The summed E-state index contributed by atoms with van der Waals surface area (Å²) in [6.45, 7) is 0.800. The molecule has 1 saturated heterocycles. The Hall–Kier alpha value is -1.50. The van der Waals surface area contributed by atoms with Crippen LogP contribution in [0, 0.1) is 0 Å². The van der Waals surface area contributed by atoms with Gasteiger partial charge in [0.2, 0.25) is 6.33 Å². The first-order valence-electron chi connectivity index (χ1n) is 7.60. The average molecular weight is 396 g/mol. The van der Waals surface area contributed by atoms with Gasteiger partial charge in [-0.3, -0.25) is 4.79 Å². The second-order valence-electron chi connectivity index (χ2n) is 5.85. The minimum Gasteiger partial charge on any atom is -1.00 e. The number of carboxylic acids is 1. The minimum atomic E-state index is -4.01. The van der Waals surface area contributed by atoms with Crippen LogP contribution < -0.4 is 22.3 Å². The number of carbonyl (C=O) groups excluding carboxylic acids is 1. The summed E-state index contributed by atoms with van der Waals surface area (Å²) in [5.74, 6) is -1.41. The summed E-state index contributed by atoms with van der Waals surface area (Å²) in [6, 6.07) is -0.732. The Kier molecular flexibility index (Phi) is 7.98. The highest BCUT2D eigenvalue weighted by Gasteiger charge is 2.31. The topological polar surface area (TPSA) is 145 Å². The molecule has 142 valence electrons. The lowest BCUT2D eigenvalue weighted by Crippen LogP contribution is -3.00. The molecule has 1 aliphatic rings. The zero-order valence-corrected chi connectivity index (χ0v) is 15.2. The maximum atomic E-state index is 11.9. The van der Waals surface area contributed by atoms with Gasteiger partial charge in [0.25, 0.3) is 0 Å². The predicted molar refractivity (Wildman–Crippen MR) is 80.4 cm³/mol. The van der Waals surface area contributed by atoms with Gasteiger partial charge in [-0.2, -0.15) is 0 Å². The molecular formula is C13H22ClN3O7Si. The van der Waals surface area contributed by atoms with Crippen LogP contribution in [0.2, 0.25) is 6.04 Å². The van der Waals surface area contributed by atoms with Crippen molar-refractivity contribution in [2.24, 2.45) is 0 Å². The quantitative estimate of drug-likeness (QED) is 0.166. The van der Waals surface area contributed by atoms with Gasteiger partial charge in [-0.1, -0.05) is 0 Å². The third-order valence-corrected chi connectivity index (χ3v) is 4.70. The first-order valence-corrected chi connectivity index (χ1v) is 9.65. The fraction of sp³-hybridized carbons (Fsp3) is 0.615. The predicted octanol–water partition coefficient (Wildman–Crippen LogP) is -5.56. The van der Waals surface area contributed by atoms with Crippen molar-refractivity contribution < 1.29 is 50.8 Å². The molecule has 0 radical (unpaired) electrons. The summed E-state index contributed by atoms with van der Waals surface area (Å²) < 4.78 is 8.61. The van der Waals surface area contributed by atoms with Crippen molar-refractivity contribution in [3.63, 3.8) is 0 Å². The van der Waals surface area contributed by atoms with E-state index in [0.717, 1.165) is 0 Å². The summed E-state index contributed by atoms with van der Waals surface area (Å²) >= 11 is 0. The SMILES string of the molecule is O=C(C[n+]1ccn(CCC[Si](O)(O)O)c1)O[C@H]1CN[C@H](C(=O)O)C1.[Cl-]. The number of carbonyl (C=O) groups is 2. The first kappa shape index (κ1) is 21.5. The molecule has 1 aromatic rings. The molecule has 0 bridgehead atoms. The number of nitrogens with one attached hydrogen (secondary N) is 1. The van der Waals surface area contributed by atoms with E-state index in [1.807, 2.05) is 0 Å². The van der Waals surface area contributed by atoms with Crippen LogP contribution in [0.3, 0.4) is 0 Å². The van der Waals surface area contributed by atoms with Crippen LogP contribution in [-0.4, -0.2) is 63.5 Å². The number of aryl methyl sites for hydroxylation is 1. The molecule has 2 atom stereocenters. The Labute approximate surface area is 151 Å². The molecule has 0 amide bonds. The van der Waals surface area contributed by atoms with Crippen LogP contribution in [0.25, 0.3) is 0 Å². The van der Waals surface area contributed by atoms with Crippen LogP contribution in [0.15, 0.2) is 18.7 Å². The molecule has 1 aromatic heterocycles. The molecule has 0 aromatic carbocycles. The molecule has 0 spiro atoms. The molecule has 10 nitrogen and oxygen atoms in total. The van der Waals surface area contributed by atoms with Crippen molar-refractivity contribution in [3.8, 4) is 0 Å². The van der Waals surface area contributed by atoms with Gasteiger partial charge in [0.1, 0.15) is 24.5 Å². The van der Waals surface area contributed by atoms with Crippen molar-refractivity contribution >= 4 is 20.7 Å². The number of hydrogen-bond donors (Lipinski definition) is 5. The number of imidazole rings is 1. The number of nitrogens with zero attached hydrogens (tertiary/aromatic N) is 2. The number of esters is 1. The van der Waals surface area contributed by atoms with Gasteiger partial charge in [-0.15, -0.1) is 0 Å². The number of rotatable bonds is 8. The second-order valence-corrected chi connectivity index (χ2v) is 7.90. The van der Waals surface area contributed by atoms with Gasteiger partial charge in [-0.25, -0.2) is 13.9 Å². The molecule has 2 heterocycles. The standard InChI is InChI=1S/C13H21N3O7Si.ClH/c17-12(23-10-6-11(13(18)19)14-7-10)8-16-4-3-15(9-16)2-1-5-24(20,21)22;/h3-4,9-11,14,20-22H,1-2,5-8H2;1H/t10-,11+;/m1./s1. The first-order chi connectivity index (χ1) is 11.2. The highest BCUT2D eigenvalue weighted by molar-refractivity contribution is 6.56. The number of aliphatic carboxylic acids is 1. The van der Waals surface area contributed by atoms with Gasteiger partial charge in [-0.05, 0) is 6.42 Å². The van der Waals surface area contributed by atoms with Crippen LogP contribution in [0.1, 0.15) is 12.8 Å². The van der Waals surface area contributed by atoms with Crippen LogP contribution in [0.4, 0.5) is 0 Å². The number of hydrogen-bond acceptors (Lipinski definition) is 7. The van der Waals surface area contributed by atoms with Crippen molar-refractivity contribution in [2.45, 2.75) is 44.1 Å². The Morgan fingerprint density at radius 3 is 2.68 bits per heavy atom. The highest BCUT2D eigenvalue weighted by Crippen LogP contribution is 2.10. The lowest BCUT2D eigenvalue weighted by atomic mass is 10.2. The molecular weight excluding hydrogens is 374 g/mol. The third-order valence-electron chi connectivity index (χ3n) is 3.67. The van der Waals surface area contributed by atoms with E-state index < -0.39 is 32.9 Å². The molecule has 25 heavy (non-hydrogen) atoms. The van der Waals surface area contributed by atoms with E-state index in [4.69, 9.17) is 24.2 Å². The van der Waals surface area contributed by atoms with E-state index in [1.54, 1.807) is 27.9 Å². The maximum absolute atomic E-state index is 11.9. The van der Waals surface area contributed by atoms with Gasteiger partial charge >= 0.3 is 20.7 Å². The molecule has 0 unspecified atom stereocenters. The summed E-state index contributed by atoms with van der Waals surface area (Å²) in [6.07, 6.45) is 5.28. The van der Waals surface area contributed by atoms with Crippen LogP contribution in [-0.2, 0) is 27.4 Å². The van der Waals surface area contributed by atoms with Crippen molar-refractivity contribution in [3.05, 3.63) is 18.7 Å². The minimum absolute atomic E-state index is 0. The number of halogens is 1. The molecule has 1 fully saturated rings. The smallest absolute Gasteiger partial charge is 0.492 e. The average Bonchev–Trinajstić information content (AvgIpc) is 3.07. The van der Waals surface area contributed by atoms with Gasteiger partial charge < -0.3 is 42.0 Å². The maximum Gasteiger partial charge on any atom is 0.492 e. The van der Waals surface area contributed by atoms with Crippen molar-refractivity contribution in [1.29, 1.82) is 0 Å². The zero-order chi connectivity index (χ0) is 17.7. The normalized spacial score (nSPS) is 20.1. The molecule has 2 rings (SSSR count). The lowest BCUT2D eigenvalue weighted by molar-refractivity contribution is -0.685. The Morgan fingerprint density at radius 2 is 2.08 bits per heavy atom. The van der Waals surface area contributed by atoms with E-state index >= 15 is 0 Å². The summed E-state index contributed by atoms with van der Waals surface area (Å²) in [7, 11) is -4.01. The third kappa shape index (κ3) is 7.50. The largest absolute Gasteiger partial charge is 1.00 e. The van der Waals surface area contributed by atoms with Crippen LogP contribution >= 0.6 is 0 Å². The number of aromatic nitrogens is 2. The van der Waals surface area contributed by atoms with Gasteiger partial charge in [0, 0.05) is 19.0 Å². The molecule has 0 aliphatic carbocycles. The van der Waals surface area contributed by atoms with Gasteiger partial charge in [0.15, 0.2) is 6.54 Å². The Balaban J connectivity index is 0.00000312. The lowest BCUT2D eigenvalue weighted by Gasteiger charge is -2.09. The second kappa shape index (κ2) is 9.27. The van der Waals surface area contributed by atoms with E-state index in [-0.39, 0.29) is 31.4 Å². The summed E-state index contributed by atoms with van der Waals surface area (Å²) in [5, 5.41) is 11.6. The Morgan fingerprint density at radius 1 is 1.36 bits per heavy atom. The molecule has 0 saturated carbocycles. The van der Waals surface area contributed by atoms with Crippen molar-refractivity contribution in [1.82, 2.24) is 9.88 Å². The number of carboxylic acid groups (broad SMARTS) is 1. The van der Waals surface area contributed by atoms with E-state index in [0.29, 0.717) is 19.5 Å². The Bertz CT molecular complexity index is 592. The van der Waals surface area contributed by atoms with E-state index in [1.165, 1.54) is 0 Å². The fourth-order valence-corrected chi connectivity index (χ4v) is 3.15. The monoisotopic (exact) mass is 395 g/mol. The summed E-state index contributed by atoms with van der Waals surface area (Å²) in [5.41, 5.74) is 0. The number of ether oxygens (including phenoxy) is 1. The zero-order valence-electron chi connectivity index (χ0n) is 13.4. The van der Waals surface area contributed by atoms with Gasteiger partial charge in [0.05, 0.1) is 6.54 Å². The van der Waals surface area contributed by atoms with E-state index in [2.05, 4.69) is 5.32 Å². The van der Waals surface area contributed by atoms with E-state index in [9.17, 15) is 9.59 Å².